The van der Waals surface area contributed by atoms with Crippen LogP contribution >= 0.6 is 11.3 Å². The first kappa shape index (κ1) is 11.1. The highest BCUT2D eigenvalue weighted by Gasteiger charge is 2.08. The molecule has 0 saturated carbocycles. The van der Waals surface area contributed by atoms with E-state index in [9.17, 15) is 0 Å². The van der Waals surface area contributed by atoms with Gasteiger partial charge in [-0.05, 0) is 6.92 Å². The molecule has 4 nitrogen and oxygen atoms in total. The minimum atomic E-state index is 0.369. The summed E-state index contributed by atoms with van der Waals surface area (Å²) >= 11 is 1.65. The molecule has 0 spiro atoms. The first-order chi connectivity index (χ1) is 7.66. The number of anilines is 1. The Balaban J connectivity index is 1.97. The maximum absolute atomic E-state index is 5.20. The smallest absolute Gasteiger partial charge is 0.169 e. The second kappa shape index (κ2) is 4.65. The van der Waals surface area contributed by atoms with Crippen LogP contribution in [-0.2, 0) is 6.54 Å². The Bertz CT molecular complexity index is 461. The molecule has 0 bridgehead atoms. The van der Waals surface area contributed by atoms with E-state index in [1.165, 1.54) is 4.88 Å². The van der Waals surface area contributed by atoms with Gasteiger partial charge in [0.2, 0.25) is 0 Å². The summed E-state index contributed by atoms with van der Waals surface area (Å²) in [5.74, 6) is 2.06. The zero-order valence-corrected chi connectivity index (χ0v) is 10.5. The van der Waals surface area contributed by atoms with Crippen LogP contribution in [0.25, 0.3) is 0 Å². The molecule has 0 aliphatic rings. The number of hydrogen-bond acceptors (Lipinski definition) is 5. The molecule has 2 heterocycles. The lowest BCUT2D eigenvalue weighted by molar-refractivity contribution is 0.373. The summed E-state index contributed by atoms with van der Waals surface area (Å²) in [5.41, 5.74) is 2.93. The average molecular weight is 237 g/mol. The van der Waals surface area contributed by atoms with Gasteiger partial charge in [0.25, 0.3) is 0 Å². The third-order valence-corrected chi connectivity index (χ3v) is 3.31. The summed E-state index contributed by atoms with van der Waals surface area (Å²) in [5, 5.41) is 7.19. The fraction of sp³-hybridized carbons (Fsp3) is 0.455. The zero-order valence-electron chi connectivity index (χ0n) is 9.65. The predicted molar refractivity (Wildman–Crippen MR) is 64.8 cm³/mol. The van der Waals surface area contributed by atoms with Gasteiger partial charge in [0.05, 0.1) is 17.7 Å². The van der Waals surface area contributed by atoms with E-state index in [4.69, 9.17) is 4.52 Å². The van der Waals surface area contributed by atoms with Crippen LogP contribution in [0, 0.1) is 6.92 Å². The van der Waals surface area contributed by atoms with E-state index in [1.54, 1.807) is 11.3 Å². The summed E-state index contributed by atoms with van der Waals surface area (Å²) in [7, 11) is 0. The summed E-state index contributed by atoms with van der Waals surface area (Å²) in [6.45, 7) is 6.92. The number of nitrogens with zero attached hydrogens (tertiary/aromatic N) is 2. The van der Waals surface area contributed by atoms with Crippen molar-refractivity contribution in [2.45, 2.75) is 33.2 Å². The third kappa shape index (κ3) is 2.41. The van der Waals surface area contributed by atoms with Crippen molar-refractivity contribution < 1.29 is 4.52 Å². The SMILES string of the molecule is Cc1ncsc1CNc1cc(C(C)C)on1. The van der Waals surface area contributed by atoms with Gasteiger partial charge in [0.15, 0.2) is 5.82 Å². The molecule has 2 aromatic heterocycles. The predicted octanol–water partition coefficient (Wildman–Crippen LogP) is 3.18. The molecule has 0 unspecified atom stereocenters. The molecule has 0 aliphatic carbocycles. The first-order valence-corrected chi connectivity index (χ1v) is 6.14. The van der Waals surface area contributed by atoms with E-state index in [0.29, 0.717) is 5.92 Å². The Labute approximate surface area is 98.7 Å². The van der Waals surface area contributed by atoms with Crippen molar-refractivity contribution in [1.29, 1.82) is 0 Å². The molecular weight excluding hydrogens is 222 g/mol. The molecule has 2 aromatic rings. The lowest BCUT2D eigenvalue weighted by Crippen LogP contribution is -1.98. The molecule has 5 heteroatoms. The van der Waals surface area contributed by atoms with Crippen LogP contribution in [-0.4, -0.2) is 10.1 Å². The molecule has 1 N–H and O–H groups in total. The summed E-state index contributed by atoms with van der Waals surface area (Å²) in [6.07, 6.45) is 0. The monoisotopic (exact) mass is 237 g/mol. The largest absolute Gasteiger partial charge is 0.362 e. The van der Waals surface area contributed by atoms with Crippen LogP contribution in [0.3, 0.4) is 0 Å². The third-order valence-electron chi connectivity index (χ3n) is 2.37. The van der Waals surface area contributed by atoms with Gasteiger partial charge < -0.3 is 9.84 Å². The normalized spacial score (nSPS) is 11.0. The lowest BCUT2D eigenvalue weighted by atomic mass is 10.2. The second-order valence-electron chi connectivity index (χ2n) is 3.98. The number of thiazole rings is 1. The van der Waals surface area contributed by atoms with Crippen molar-refractivity contribution in [3.8, 4) is 0 Å². The van der Waals surface area contributed by atoms with Crippen molar-refractivity contribution in [1.82, 2.24) is 10.1 Å². The van der Waals surface area contributed by atoms with E-state index in [0.717, 1.165) is 23.8 Å². The maximum Gasteiger partial charge on any atom is 0.169 e. The zero-order chi connectivity index (χ0) is 11.5. The van der Waals surface area contributed by atoms with E-state index in [-0.39, 0.29) is 0 Å². The van der Waals surface area contributed by atoms with E-state index in [1.807, 2.05) is 18.5 Å². The number of rotatable bonds is 4. The lowest BCUT2D eigenvalue weighted by Gasteiger charge is -1.99. The summed E-state index contributed by atoms with van der Waals surface area (Å²) in [6, 6.07) is 1.95. The number of aryl methyl sites for hydroxylation is 1. The number of nitrogens with one attached hydrogen (secondary N) is 1. The number of hydrogen-bond donors (Lipinski definition) is 1. The first-order valence-electron chi connectivity index (χ1n) is 5.26. The van der Waals surface area contributed by atoms with Gasteiger partial charge >= 0.3 is 0 Å². The highest BCUT2D eigenvalue weighted by atomic mass is 32.1. The Morgan fingerprint density at radius 1 is 1.50 bits per heavy atom. The van der Waals surface area contributed by atoms with Crippen molar-refractivity contribution in [2.75, 3.05) is 5.32 Å². The minimum absolute atomic E-state index is 0.369. The van der Waals surface area contributed by atoms with Gasteiger partial charge in [-0.2, -0.15) is 0 Å². The van der Waals surface area contributed by atoms with Crippen LogP contribution in [0.1, 0.15) is 36.1 Å². The highest BCUT2D eigenvalue weighted by Crippen LogP contribution is 2.19. The van der Waals surface area contributed by atoms with Crippen LogP contribution in [0.4, 0.5) is 5.82 Å². The van der Waals surface area contributed by atoms with Crippen LogP contribution in [0.15, 0.2) is 16.1 Å². The standard InChI is InChI=1S/C11H15N3OS/c1-7(2)9-4-11(14-15-9)12-5-10-8(3)13-6-16-10/h4,6-7H,5H2,1-3H3,(H,12,14). The Hall–Kier alpha value is -1.36. The maximum atomic E-state index is 5.20. The van der Waals surface area contributed by atoms with Gasteiger partial charge in [-0.25, -0.2) is 4.98 Å². The molecule has 2 rings (SSSR count). The molecule has 0 aromatic carbocycles. The van der Waals surface area contributed by atoms with Crippen molar-refractivity contribution in [3.63, 3.8) is 0 Å². The molecule has 0 atom stereocenters. The van der Waals surface area contributed by atoms with Gasteiger partial charge in [0, 0.05) is 16.9 Å². The molecule has 0 saturated heterocycles. The molecule has 0 amide bonds. The van der Waals surface area contributed by atoms with E-state index >= 15 is 0 Å². The van der Waals surface area contributed by atoms with E-state index in [2.05, 4.69) is 29.3 Å². The fourth-order valence-electron chi connectivity index (χ4n) is 1.31. The van der Waals surface area contributed by atoms with Crippen molar-refractivity contribution in [3.05, 3.63) is 27.9 Å². The topological polar surface area (TPSA) is 51.0 Å². The van der Waals surface area contributed by atoms with E-state index < -0.39 is 0 Å². The molecular formula is C11H15N3OS. The fourth-order valence-corrected chi connectivity index (χ4v) is 2.03. The molecule has 0 aliphatic heterocycles. The Kier molecular flexibility index (Phi) is 3.24. The van der Waals surface area contributed by atoms with Crippen LogP contribution < -0.4 is 5.32 Å². The summed E-state index contributed by atoms with van der Waals surface area (Å²) in [4.78, 5) is 5.43. The summed E-state index contributed by atoms with van der Waals surface area (Å²) < 4.78 is 5.20. The Morgan fingerprint density at radius 3 is 2.88 bits per heavy atom. The molecule has 86 valence electrons. The minimum Gasteiger partial charge on any atom is -0.362 e. The van der Waals surface area contributed by atoms with Crippen molar-refractivity contribution in [2.24, 2.45) is 0 Å². The molecule has 0 fully saturated rings. The second-order valence-corrected chi connectivity index (χ2v) is 4.92. The highest BCUT2D eigenvalue weighted by molar-refractivity contribution is 7.09. The van der Waals surface area contributed by atoms with Gasteiger partial charge in [0.1, 0.15) is 5.76 Å². The molecule has 0 radical (unpaired) electrons. The van der Waals surface area contributed by atoms with Crippen LogP contribution in [0.5, 0.6) is 0 Å². The van der Waals surface area contributed by atoms with Gasteiger partial charge in [-0.1, -0.05) is 19.0 Å². The van der Waals surface area contributed by atoms with Gasteiger partial charge in [-0.15, -0.1) is 11.3 Å². The molecule has 16 heavy (non-hydrogen) atoms. The quantitative estimate of drug-likeness (QED) is 0.887. The van der Waals surface area contributed by atoms with Gasteiger partial charge in [-0.3, -0.25) is 0 Å². The number of aromatic nitrogens is 2. The Morgan fingerprint density at radius 2 is 2.31 bits per heavy atom. The van der Waals surface area contributed by atoms with Crippen molar-refractivity contribution >= 4 is 17.2 Å². The van der Waals surface area contributed by atoms with Crippen LogP contribution in [0.2, 0.25) is 0 Å². The average Bonchev–Trinajstić information content (AvgIpc) is 2.83.